The maximum atomic E-state index is 12.3. The summed E-state index contributed by atoms with van der Waals surface area (Å²) in [6, 6.07) is 0. The molecule has 5 heteroatoms. The average molecular weight is 293 g/mol. The number of thiophene rings is 1. The second-order valence-electron chi connectivity index (χ2n) is 5.77. The second kappa shape index (κ2) is 4.88. The summed E-state index contributed by atoms with van der Waals surface area (Å²) in [6.45, 7) is 3.86. The van der Waals surface area contributed by atoms with Gasteiger partial charge in [-0.1, -0.05) is 13.3 Å². The van der Waals surface area contributed by atoms with Crippen molar-refractivity contribution in [1.29, 1.82) is 0 Å². The van der Waals surface area contributed by atoms with Crippen molar-refractivity contribution < 1.29 is 14.7 Å². The quantitative estimate of drug-likeness (QED) is 0.895. The number of rotatable bonds is 4. The van der Waals surface area contributed by atoms with Crippen LogP contribution in [0, 0.1) is 24.7 Å². The molecule has 0 aromatic carbocycles. The van der Waals surface area contributed by atoms with Crippen molar-refractivity contribution >= 4 is 28.2 Å². The molecule has 1 aromatic rings. The van der Waals surface area contributed by atoms with E-state index in [4.69, 9.17) is 0 Å². The number of hydrogen-bond donors (Lipinski definition) is 2. The van der Waals surface area contributed by atoms with E-state index in [1.807, 2.05) is 13.8 Å². The van der Waals surface area contributed by atoms with Gasteiger partial charge in [0.15, 0.2) is 0 Å². The van der Waals surface area contributed by atoms with Gasteiger partial charge in [0.25, 0.3) is 0 Å². The summed E-state index contributed by atoms with van der Waals surface area (Å²) in [5.74, 6) is 0.298. The Morgan fingerprint density at radius 1 is 1.35 bits per heavy atom. The fraction of sp³-hybridized carbons (Fsp3) is 0.600. The Labute approximate surface area is 122 Å². The van der Waals surface area contributed by atoms with Gasteiger partial charge in [0.2, 0.25) is 5.91 Å². The first-order valence-electron chi connectivity index (χ1n) is 7.21. The monoisotopic (exact) mass is 293 g/mol. The predicted molar refractivity (Wildman–Crippen MR) is 78.3 cm³/mol. The van der Waals surface area contributed by atoms with Crippen molar-refractivity contribution in [3.05, 3.63) is 16.0 Å². The third kappa shape index (κ3) is 2.04. The van der Waals surface area contributed by atoms with Crippen LogP contribution >= 0.6 is 11.3 Å². The van der Waals surface area contributed by atoms with Crippen LogP contribution in [-0.2, 0) is 11.2 Å². The Balaban J connectivity index is 1.80. The fourth-order valence-electron chi connectivity index (χ4n) is 3.72. The minimum absolute atomic E-state index is 0.0195. The van der Waals surface area contributed by atoms with Gasteiger partial charge in [-0.25, -0.2) is 4.79 Å². The number of nitrogens with one attached hydrogen (secondary N) is 1. The van der Waals surface area contributed by atoms with Crippen LogP contribution in [-0.4, -0.2) is 17.0 Å². The fourth-order valence-corrected chi connectivity index (χ4v) is 4.86. The van der Waals surface area contributed by atoms with E-state index in [1.54, 1.807) is 0 Å². The van der Waals surface area contributed by atoms with Crippen LogP contribution in [0.4, 0.5) is 5.00 Å². The van der Waals surface area contributed by atoms with Crippen LogP contribution in [0.25, 0.3) is 0 Å². The molecule has 2 fully saturated rings. The SMILES string of the molecule is CCc1c(C)sc(NC(=O)C2C3CCCC32)c1C(=O)O. The Kier molecular flexibility index (Phi) is 3.32. The van der Waals surface area contributed by atoms with Crippen LogP contribution in [0.1, 0.15) is 47.0 Å². The zero-order valence-corrected chi connectivity index (χ0v) is 12.5. The number of aromatic carboxylic acids is 1. The minimum Gasteiger partial charge on any atom is -0.478 e. The molecule has 3 rings (SSSR count). The lowest BCUT2D eigenvalue weighted by molar-refractivity contribution is -0.118. The highest BCUT2D eigenvalue weighted by atomic mass is 32.1. The topological polar surface area (TPSA) is 66.4 Å². The van der Waals surface area contributed by atoms with Gasteiger partial charge in [0.1, 0.15) is 5.00 Å². The van der Waals surface area contributed by atoms with E-state index in [9.17, 15) is 14.7 Å². The van der Waals surface area contributed by atoms with Gasteiger partial charge in [-0.05, 0) is 43.6 Å². The smallest absolute Gasteiger partial charge is 0.339 e. The van der Waals surface area contributed by atoms with Crippen molar-refractivity contribution in [3.8, 4) is 0 Å². The zero-order valence-electron chi connectivity index (χ0n) is 11.7. The van der Waals surface area contributed by atoms with E-state index in [0.29, 0.717) is 23.3 Å². The number of anilines is 1. The molecular formula is C15H19NO3S. The molecule has 4 nitrogen and oxygen atoms in total. The first-order chi connectivity index (χ1) is 9.54. The third-order valence-corrected chi connectivity index (χ3v) is 5.79. The molecule has 20 heavy (non-hydrogen) atoms. The predicted octanol–water partition coefficient (Wildman–Crippen LogP) is 3.30. The molecule has 108 valence electrons. The maximum absolute atomic E-state index is 12.3. The van der Waals surface area contributed by atoms with Crippen molar-refractivity contribution in [2.75, 3.05) is 5.32 Å². The zero-order chi connectivity index (χ0) is 14.4. The van der Waals surface area contributed by atoms with Gasteiger partial charge in [0.05, 0.1) is 5.56 Å². The van der Waals surface area contributed by atoms with E-state index < -0.39 is 5.97 Å². The summed E-state index contributed by atoms with van der Waals surface area (Å²) in [4.78, 5) is 24.7. The highest BCUT2D eigenvalue weighted by Gasteiger charge is 2.56. The van der Waals surface area contributed by atoms with E-state index in [-0.39, 0.29) is 17.4 Å². The van der Waals surface area contributed by atoms with Crippen LogP contribution in [0.2, 0.25) is 0 Å². The number of carboxylic acids is 1. The summed E-state index contributed by atoms with van der Waals surface area (Å²) >= 11 is 1.38. The van der Waals surface area contributed by atoms with Gasteiger partial charge in [-0.2, -0.15) is 0 Å². The molecule has 2 saturated carbocycles. The lowest BCUT2D eigenvalue weighted by atomic mass is 10.1. The summed E-state index contributed by atoms with van der Waals surface area (Å²) in [5, 5.41) is 12.8. The van der Waals surface area contributed by atoms with Crippen molar-refractivity contribution in [1.82, 2.24) is 0 Å². The highest BCUT2D eigenvalue weighted by Crippen LogP contribution is 2.57. The van der Waals surface area contributed by atoms with Crippen LogP contribution in [0.5, 0.6) is 0 Å². The van der Waals surface area contributed by atoms with E-state index in [0.717, 1.165) is 23.3 Å². The molecule has 0 radical (unpaired) electrons. The van der Waals surface area contributed by atoms with Crippen molar-refractivity contribution in [2.24, 2.45) is 17.8 Å². The molecule has 1 heterocycles. The molecule has 2 aliphatic carbocycles. The highest BCUT2D eigenvalue weighted by molar-refractivity contribution is 7.16. The lowest BCUT2D eigenvalue weighted by Gasteiger charge is -2.06. The Morgan fingerprint density at radius 3 is 2.55 bits per heavy atom. The Morgan fingerprint density at radius 2 is 2.00 bits per heavy atom. The molecular weight excluding hydrogens is 274 g/mol. The van der Waals surface area contributed by atoms with Crippen molar-refractivity contribution in [3.63, 3.8) is 0 Å². The van der Waals surface area contributed by atoms with E-state index in [1.165, 1.54) is 17.8 Å². The standard InChI is InChI=1S/C15H19NO3S/c1-3-8-7(2)20-14(12(8)15(18)19)16-13(17)11-9-5-4-6-10(9)11/h9-11H,3-6H2,1-2H3,(H,16,17)(H,18,19). The van der Waals surface area contributed by atoms with Gasteiger partial charge in [0, 0.05) is 10.8 Å². The van der Waals surface area contributed by atoms with Gasteiger partial charge in [-0.3, -0.25) is 4.79 Å². The molecule has 2 N–H and O–H groups in total. The van der Waals surface area contributed by atoms with E-state index >= 15 is 0 Å². The summed E-state index contributed by atoms with van der Waals surface area (Å²) < 4.78 is 0. The summed E-state index contributed by atoms with van der Waals surface area (Å²) in [5.41, 5.74) is 1.13. The number of carboxylic acid groups (broad SMARTS) is 1. The second-order valence-corrected chi connectivity index (χ2v) is 7.00. The Bertz CT molecular complexity index is 568. The molecule has 0 saturated heterocycles. The molecule has 0 bridgehead atoms. The molecule has 2 atom stereocenters. The molecule has 0 aliphatic heterocycles. The maximum Gasteiger partial charge on any atom is 0.339 e. The average Bonchev–Trinajstić information content (AvgIpc) is 2.74. The van der Waals surface area contributed by atoms with Crippen molar-refractivity contribution in [2.45, 2.75) is 39.5 Å². The molecule has 2 unspecified atom stereocenters. The summed E-state index contributed by atoms with van der Waals surface area (Å²) in [7, 11) is 0. The third-order valence-electron chi connectivity index (χ3n) is 4.72. The number of carbonyl (C=O) groups excluding carboxylic acids is 1. The van der Waals surface area contributed by atoms with Crippen LogP contribution in [0.3, 0.4) is 0 Å². The van der Waals surface area contributed by atoms with E-state index in [2.05, 4.69) is 5.32 Å². The first-order valence-corrected chi connectivity index (χ1v) is 8.02. The molecule has 1 aromatic heterocycles. The minimum atomic E-state index is -0.947. The largest absolute Gasteiger partial charge is 0.478 e. The lowest BCUT2D eigenvalue weighted by Crippen LogP contribution is -2.17. The number of amides is 1. The van der Waals surface area contributed by atoms with Gasteiger partial charge >= 0.3 is 5.97 Å². The summed E-state index contributed by atoms with van der Waals surface area (Å²) in [6.07, 6.45) is 4.21. The normalized spacial score (nSPS) is 27.2. The molecule has 1 amide bonds. The molecule has 2 aliphatic rings. The van der Waals surface area contributed by atoms with Gasteiger partial charge in [-0.15, -0.1) is 11.3 Å². The Hall–Kier alpha value is -1.36. The number of carbonyl (C=O) groups is 2. The number of hydrogen-bond acceptors (Lipinski definition) is 3. The van der Waals surface area contributed by atoms with Gasteiger partial charge < -0.3 is 10.4 Å². The number of fused-ring (bicyclic) bond motifs is 1. The van der Waals surface area contributed by atoms with Crippen LogP contribution < -0.4 is 5.32 Å². The van der Waals surface area contributed by atoms with Crippen LogP contribution in [0.15, 0.2) is 0 Å². The molecule has 0 spiro atoms. The first kappa shape index (κ1) is 13.6. The number of aryl methyl sites for hydroxylation is 1.